The zero-order valence-corrected chi connectivity index (χ0v) is 12.9. The smallest absolute Gasteiger partial charge is 0.393 e. The number of hydrogen-bond donors (Lipinski definition) is 2. The second-order valence-electron chi connectivity index (χ2n) is 6.09. The molecule has 1 atom stereocenters. The van der Waals surface area contributed by atoms with E-state index in [1.807, 2.05) is 18.2 Å². The molecule has 0 bridgehead atoms. The van der Waals surface area contributed by atoms with Gasteiger partial charge in [0.2, 0.25) is 0 Å². The van der Waals surface area contributed by atoms with Crippen LogP contribution in [-0.2, 0) is 12.6 Å². The molecule has 1 saturated carbocycles. The van der Waals surface area contributed by atoms with Crippen LogP contribution in [0.3, 0.4) is 0 Å². The Morgan fingerprint density at radius 3 is 2.50 bits per heavy atom. The number of pyridine rings is 2. The van der Waals surface area contributed by atoms with Gasteiger partial charge in [-0.25, -0.2) is 4.98 Å². The first-order valence-electron chi connectivity index (χ1n) is 7.79. The molecule has 2 aromatic rings. The van der Waals surface area contributed by atoms with Crippen LogP contribution >= 0.6 is 0 Å². The summed E-state index contributed by atoms with van der Waals surface area (Å²) in [6, 6.07) is 7.95. The van der Waals surface area contributed by atoms with E-state index in [-0.39, 0.29) is 18.1 Å². The Bertz CT molecular complexity index is 655. The maximum atomic E-state index is 12.6. The molecule has 4 nitrogen and oxygen atoms in total. The summed E-state index contributed by atoms with van der Waals surface area (Å²) in [5, 5.41) is 12.7. The van der Waals surface area contributed by atoms with Crippen molar-refractivity contribution in [2.24, 2.45) is 5.92 Å². The van der Waals surface area contributed by atoms with Gasteiger partial charge in [0.1, 0.15) is 5.82 Å². The van der Waals surface area contributed by atoms with Gasteiger partial charge in [0, 0.05) is 30.6 Å². The standard InChI is InChI=1S/C17H18F3N3O/c18-17(19,20)12-4-5-16(22-10-12)23-15(11-7-14(24)8-11)9-13-3-1-2-6-21-13/h1-6,10-11,14-15,24H,7-9H2,(H,22,23)/t11?,14?,15-/m0/s1. The van der Waals surface area contributed by atoms with Gasteiger partial charge in [-0.2, -0.15) is 13.2 Å². The topological polar surface area (TPSA) is 58.0 Å². The van der Waals surface area contributed by atoms with E-state index >= 15 is 0 Å². The van der Waals surface area contributed by atoms with E-state index in [9.17, 15) is 18.3 Å². The molecule has 0 aromatic carbocycles. The van der Waals surface area contributed by atoms with Crippen molar-refractivity contribution in [3.63, 3.8) is 0 Å². The van der Waals surface area contributed by atoms with Crippen molar-refractivity contribution in [3.8, 4) is 0 Å². The monoisotopic (exact) mass is 337 g/mol. The number of aliphatic hydroxyl groups excluding tert-OH is 1. The van der Waals surface area contributed by atoms with Crippen LogP contribution < -0.4 is 5.32 Å². The Kier molecular flexibility index (Phi) is 4.71. The van der Waals surface area contributed by atoms with Gasteiger partial charge in [0.05, 0.1) is 11.7 Å². The number of nitrogens with one attached hydrogen (secondary N) is 1. The van der Waals surface area contributed by atoms with Crippen molar-refractivity contribution in [1.29, 1.82) is 0 Å². The van der Waals surface area contributed by atoms with E-state index in [2.05, 4.69) is 15.3 Å². The summed E-state index contributed by atoms with van der Waals surface area (Å²) in [7, 11) is 0. The fraction of sp³-hybridized carbons (Fsp3) is 0.412. The zero-order chi connectivity index (χ0) is 17.2. The van der Waals surface area contributed by atoms with Gasteiger partial charge in [0.15, 0.2) is 0 Å². The molecule has 1 aliphatic carbocycles. The predicted molar refractivity (Wildman–Crippen MR) is 83.3 cm³/mol. The molecule has 3 rings (SSSR count). The molecule has 2 heterocycles. The number of aliphatic hydroxyl groups is 1. The van der Waals surface area contributed by atoms with Crippen LogP contribution in [0.1, 0.15) is 24.1 Å². The largest absolute Gasteiger partial charge is 0.417 e. The van der Waals surface area contributed by atoms with Gasteiger partial charge in [-0.1, -0.05) is 6.07 Å². The molecule has 1 aliphatic rings. The highest BCUT2D eigenvalue weighted by Crippen LogP contribution is 2.33. The van der Waals surface area contributed by atoms with Crippen LogP contribution in [0.2, 0.25) is 0 Å². The van der Waals surface area contributed by atoms with Crippen molar-refractivity contribution in [1.82, 2.24) is 9.97 Å². The molecule has 128 valence electrons. The second-order valence-corrected chi connectivity index (χ2v) is 6.09. The first-order chi connectivity index (χ1) is 11.4. The Balaban J connectivity index is 1.71. The van der Waals surface area contributed by atoms with Crippen LogP contribution in [0, 0.1) is 5.92 Å². The van der Waals surface area contributed by atoms with Gasteiger partial charge in [-0.3, -0.25) is 4.98 Å². The predicted octanol–water partition coefficient (Wildman–Crippen LogP) is 3.29. The first kappa shape index (κ1) is 16.7. The zero-order valence-electron chi connectivity index (χ0n) is 12.9. The number of rotatable bonds is 5. The van der Waals surface area contributed by atoms with E-state index in [0.29, 0.717) is 25.1 Å². The average molecular weight is 337 g/mol. The third-order valence-corrected chi connectivity index (χ3v) is 4.30. The van der Waals surface area contributed by atoms with Crippen molar-refractivity contribution in [2.45, 2.75) is 37.6 Å². The van der Waals surface area contributed by atoms with E-state index in [1.165, 1.54) is 6.07 Å². The van der Waals surface area contributed by atoms with Crippen molar-refractivity contribution in [3.05, 3.63) is 54.0 Å². The number of anilines is 1. The van der Waals surface area contributed by atoms with Gasteiger partial charge in [-0.05, 0) is 43.0 Å². The summed E-state index contributed by atoms with van der Waals surface area (Å²) in [6.45, 7) is 0. The fourth-order valence-electron chi connectivity index (χ4n) is 2.88. The molecule has 0 radical (unpaired) electrons. The minimum Gasteiger partial charge on any atom is -0.393 e. The molecule has 2 N–H and O–H groups in total. The maximum absolute atomic E-state index is 12.6. The molecule has 24 heavy (non-hydrogen) atoms. The minimum absolute atomic E-state index is 0.0347. The molecule has 7 heteroatoms. The second kappa shape index (κ2) is 6.76. The van der Waals surface area contributed by atoms with Crippen LogP contribution in [0.25, 0.3) is 0 Å². The third kappa shape index (κ3) is 4.03. The minimum atomic E-state index is -4.39. The lowest BCUT2D eigenvalue weighted by atomic mass is 9.76. The van der Waals surface area contributed by atoms with Gasteiger partial charge in [-0.15, -0.1) is 0 Å². The van der Waals surface area contributed by atoms with Crippen LogP contribution in [0.15, 0.2) is 42.7 Å². The number of hydrogen-bond acceptors (Lipinski definition) is 4. The van der Waals surface area contributed by atoms with E-state index in [4.69, 9.17) is 0 Å². The number of alkyl halides is 3. The Morgan fingerprint density at radius 1 is 1.17 bits per heavy atom. The fourth-order valence-corrected chi connectivity index (χ4v) is 2.88. The highest BCUT2D eigenvalue weighted by atomic mass is 19.4. The summed E-state index contributed by atoms with van der Waals surface area (Å²) in [5.41, 5.74) is 0.122. The number of nitrogens with zero attached hydrogens (tertiary/aromatic N) is 2. The summed E-state index contributed by atoms with van der Waals surface area (Å²) in [5.74, 6) is 0.636. The number of aromatic nitrogens is 2. The van der Waals surface area contributed by atoms with E-state index in [0.717, 1.165) is 18.0 Å². The summed E-state index contributed by atoms with van der Waals surface area (Å²) >= 11 is 0. The van der Waals surface area contributed by atoms with Crippen molar-refractivity contribution in [2.75, 3.05) is 5.32 Å². The van der Waals surface area contributed by atoms with E-state index in [1.54, 1.807) is 6.20 Å². The highest BCUT2D eigenvalue weighted by Gasteiger charge is 2.35. The van der Waals surface area contributed by atoms with Crippen molar-refractivity contribution >= 4 is 5.82 Å². The van der Waals surface area contributed by atoms with Gasteiger partial charge < -0.3 is 10.4 Å². The quantitative estimate of drug-likeness (QED) is 0.879. The lowest BCUT2D eigenvalue weighted by Gasteiger charge is -2.38. The highest BCUT2D eigenvalue weighted by molar-refractivity contribution is 5.38. The molecule has 0 saturated heterocycles. The average Bonchev–Trinajstić information content (AvgIpc) is 2.52. The summed E-state index contributed by atoms with van der Waals surface area (Å²) < 4.78 is 37.8. The molecule has 0 unspecified atom stereocenters. The maximum Gasteiger partial charge on any atom is 0.417 e. The Hall–Kier alpha value is -2.15. The van der Waals surface area contributed by atoms with Gasteiger partial charge >= 0.3 is 6.18 Å². The third-order valence-electron chi connectivity index (χ3n) is 4.30. The Labute approximate surface area is 137 Å². The molecule has 1 fully saturated rings. The van der Waals surface area contributed by atoms with E-state index < -0.39 is 11.7 Å². The molecular formula is C17H18F3N3O. The molecular weight excluding hydrogens is 319 g/mol. The van der Waals surface area contributed by atoms with Crippen LogP contribution in [0.4, 0.5) is 19.0 Å². The van der Waals surface area contributed by atoms with Crippen molar-refractivity contribution < 1.29 is 18.3 Å². The lowest BCUT2D eigenvalue weighted by Crippen LogP contribution is -2.42. The molecule has 0 amide bonds. The van der Waals surface area contributed by atoms with Crippen LogP contribution in [-0.4, -0.2) is 27.2 Å². The molecule has 0 spiro atoms. The first-order valence-corrected chi connectivity index (χ1v) is 7.79. The van der Waals surface area contributed by atoms with Gasteiger partial charge in [0.25, 0.3) is 0 Å². The van der Waals surface area contributed by atoms with Crippen LogP contribution in [0.5, 0.6) is 0 Å². The molecule has 2 aromatic heterocycles. The number of halogens is 3. The SMILES string of the molecule is OC1CC([C@H](Cc2ccccn2)Nc2ccc(C(F)(F)F)cn2)C1. The normalized spacial score (nSPS) is 21.8. The summed E-state index contributed by atoms with van der Waals surface area (Å²) in [6.07, 6.45) is -0.189. The Morgan fingerprint density at radius 2 is 1.96 bits per heavy atom. The molecule has 0 aliphatic heterocycles. The lowest BCUT2D eigenvalue weighted by molar-refractivity contribution is -0.137. The summed E-state index contributed by atoms with van der Waals surface area (Å²) in [4.78, 5) is 8.17.